The molecule has 8 nitrogen and oxygen atoms in total. The fourth-order valence-electron chi connectivity index (χ4n) is 2.79. The van der Waals surface area contributed by atoms with E-state index in [9.17, 15) is 18.3 Å². The fourth-order valence-corrected chi connectivity index (χ4v) is 4.49. The quantitative estimate of drug-likeness (QED) is 0.452. The first-order valence-electron chi connectivity index (χ1n) is 9.09. The Labute approximate surface area is 176 Å². The normalized spacial score (nSPS) is 11.3. The van der Waals surface area contributed by atoms with E-state index in [-0.39, 0.29) is 36.0 Å². The van der Waals surface area contributed by atoms with Gasteiger partial charge in [0.2, 0.25) is 0 Å². The second-order valence-corrected chi connectivity index (χ2v) is 7.93. The summed E-state index contributed by atoms with van der Waals surface area (Å²) in [4.78, 5) is 11.3. The molecule has 2 rings (SSSR count). The highest BCUT2D eigenvalue weighted by atomic mass is 32.2. The van der Waals surface area contributed by atoms with Gasteiger partial charge in [-0.1, -0.05) is 18.2 Å². The number of hydrogen-bond acceptors (Lipinski definition) is 7. The average molecular weight is 435 g/mol. The Morgan fingerprint density at radius 2 is 1.80 bits per heavy atom. The minimum absolute atomic E-state index is 0.0395. The van der Waals surface area contributed by atoms with E-state index < -0.39 is 16.0 Å². The number of para-hydroxylation sites is 1. The van der Waals surface area contributed by atoms with Crippen molar-refractivity contribution in [3.63, 3.8) is 0 Å². The van der Waals surface area contributed by atoms with Gasteiger partial charge in [0, 0.05) is 19.2 Å². The van der Waals surface area contributed by atoms with Crippen LogP contribution in [0.25, 0.3) is 6.08 Å². The topological polar surface area (TPSA) is 102 Å². The zero-order chi connectivity index (χ0) is 22.1. The highest BCUT2D eigenvalue weighted by molar-refractivity contribution is 7.93. The van der Waals surface area contributed by atoms with E-state index in [4.69, 9.17) is 9.47 Å². The molecule has 0 radical (unpaired) electrons. The first-order valence-corrected chi connectivity index (χ1v) is 10.5. The first-order chi connectivity index (χ1) is 14.4. The molecule has 0 aliphatic rings. The molecule has 1 N–H and O–H groups in total. The van der Waals surface area contributed by atoms with E-state index in [1.807, 2.05) is 0 Å². The van der Waals surface area contributed by atoms with Gasteiger partial charge in [0.15, 0.2) is 11.5 Å². The monoisotopic (exact) mass is 435 g/mol. The van der Waals surface area contributed by atoms with E-state index in [0.29, 0.717) is 11.3 Å². The van der Waals surface area contributed by atoms with E-state index >= 15 is 0 Å². The molecule has 0 spiro atoms. The third-order valence-corrected chi connectivity index (χ3v) is 6.04. The largest absolute Gasteiger partial charge is 0.493 e. The molecule has 0 aliphatic heterocycles. The molecule has 0 saturated carbocycles. The highest BCUT2D eigenvalue weighted by Gasteiger charge is 2.30. The van der Waals surface area contributed by atoms with Crippen molar-refractivity contribution in [1.29, 1.82) is 0 Å². The number of nitrogens with zero attached hydrogens (tertiary/aromatic N) is 1. The lowest BCUT2D eigenvalue weighted by atomic mass is 10.2. The Bertz CT molecular complexity index is 988. The molecule has 0 unspecified atom stereocenters. The van der Waals surface area contributed by atoms with Crippen LogP contribution in [0.3, 0.4) is 0 Å². The molecule has 0 heterocycles. The molecule has 2 aromatic carbocycles. The number of ether oxygens (including phenoxy) is 3. The zero-order valence-corrected chi connectivity index (χ0v) is 17.9. The molecule has 9 heteroatoms. The molecular weight excluding hydrogens is 410 g/mol. The van der Waals surface area contributed by atoms with Crippen molar-refractivity contribution in [1.82, 2.24) is 0 Å². The molecule has 0 amide bonds. The Morgan fingerprint density at radius 1 is 1.10 bits per heavy atom. The third-order valence-electron chi connectivity index (χ3n) is 4.21. The van der Waals surface area contributed by atoms with Crippen LogP contribution in [0.15, 0.2) is 53.4 Å². The molecule has 0 saturated heterocycles. The van der Waals surface area contributed by atoms with Crippen LogP contribution < -0.4 is 13.8 Å². The minimum atomic E-state index is -4.10. The van der Waals surface area contributed by atoms with Crippen molar-refractivity contribution >= 4 is 27.8 Å². The maximum atomic E-state index is 13.6. The number of esters is 1. The summed E-state index contributed by atoms with van der Waals surface area (Å²) in [5, 5.41) is 9.25. The van der Waals surface area contributed by atoms with Crippen LogP contribution in [-0.2, 0) is 19.6 Å². The summed E-state index contributed by atoms with van der Waals surface area (Å²) in [6.45, 7) is -0.0994. The van der Waals surface area contributed by atoms with Crippen LogP contribution >= 0.6 is 0 Å². The number of rotatable bonds is 10. The van der Waals surface area contributed by atoms with Gasteiger partial charge in [0.1, 0.15) is 4.90 Å². The number of methoxy groups -OCH3 is 3. The lowest BCUT2D eigenvalue weighted by Gasteiger charge is -2.26. The molecule has 0 bridgehead atoms. The molecule has 0 atom stereocenters. The van der Waals surface area contributed by atoms with Crippen molar-refractivity contribution in [3.8, 4) is 11.5 Å². The van der Waals surface area contributed by atoms with E-state index in [1.165, 1.54) is 43.9 Å². The summed E-state index contributed by atoms with van der Waals surface area (Å²) in [6, 6.07) is 11.5. The van der Waals surface area contributed by atoms with Crippen LogP contribution in [-0.4, -0.2) is 54.0 Å². The van der Waals surface area contributed by atoms with Gasteiger partial charge in [-0.2, -0.15) is 0 Å². The van der Waals surface area contributed by atoms with Gasteiger partial charge in [-0.15, -0.1) is 0 Å². The Hall–Kier alpha value is -3.04. The molecule has 30 heavy (non-hydrogen) atoms. The van der Waals surface area contributed by atoms with Gasteiger partial charge in [0.25, 0.3) is 10.0 Å². The Morgan fingerprint density at radius 3 is 2.37 bits per heavy atom. The zero-order valence-electron chi connectivity index (χ0n) is 17.1. The molecule has 162 valence electrons. The predicted molar refractivity (Wildman–Crippen MR) is 113 cm³/mol. The summed E-state index contributed by atoms with van der Waals surface area (Å²) >= 11 is 0. The highest BCUT2D eigenvalue weighted by Crippen LogP contribution is 2.38. The first kappa shape index (κ1) is 23.2. The van der Waals surface area contributed by atoms with Gasteiger partial charge in [0.05, 0.1) is 27.0 Å². The number of sulfonamides is 1. The minimum Gasteiger partial charge on any atom is -0.493 e. The molecular formula is C21H25NO7S. The summed E-state index contributed by atoms with van der Waals surface area (Å²) < 4.78 is 43.7. The van der Waals surface area contributed by atoms with Gasteiger partial charge in [-0.05, 0) is 42.3 Å². The number of aliphatic hydroxyl groups excluding tert-OH is 1. The maximum Gasteiger partial charge on any atom is 0.330 e. The second kappa shape index (κ2) is 10.7. The van der Waals surface area contributed by atoms with Crippen LogP contribution in [0.2, 0.25) is 0 Å². The van der Waals surface area contributed by atoms with Gasteiger partial charge in [-0.25, -0.2) is 13.2 Å². The van der Waals surface area contributed by atoms with Crippen molar-refractivity contribution in [2.75, 3.05) is 38.8 Å². The van der Waals surface area contributed by atoms with Crippen LogP contribution in [0.1, 0.15) is 12.0 Å². The van der Waals surface area contributed by atoms with Crippen molar-refractivity contribution in [3.05, 3.63) is 54.1 Å². The number of aliphatic hydroxyl groups is 1. The Balaban J connectivity index is 2.67. The maximum absolute atomic E-state index is 13.6. The van der Waals surface area contributed by atoms with Gasteiger partial charge >= 0.3 is 5.97 Å². The summed E-state index contributed by atoms with van der Waals surface area (Å²) in [5.74, 6) is -0.348. The number of anilines is 1. The summed E-state index contributed by atoms with van der Waals surface area (Å²) in [6.07, 6.45) is 2.85. The number of benzene rings is 2. The lowest BCUT2D eigenvalue weighted by molar-refractivity contribution is -0.134. The second-order valence-electron chi connectivity index (χ2n) is 6.10. The smallest absolute Gasteiger partial charge is 0.330 e. The van der Waals surface area contributed by atoms with Crippen molar-refractivity contribution in [2.45, 2.75) is 11.3 Å². The molecule has 2 aromatic rings. The van der Waals surface area contributed by atoms with Gasteiger partial charge in [-0.3, -0.25) is 4.31 Å². The van der Waals surface area contributed by atoms with E-state index in [1.54, 1.807) is 36.4 Å². The van der Waals surface area contributed by atoms with Crippen LogP contribution in [0, 0.1) is 0 Å². The van der Waals surface area contributed by atoms with E-state index in [2.05, 4.69) is 4.74 Å². The standard InChI is InChI=1S/C21H25NO7S/c1-27-18-14-16(10-11-20(24)28-2)15-19(21(18)29-3)30(25,26)22(12-7-13-23)17-8-5-4-6-9-17/h4-6,8-11,14-15,23H,7,12-13H2,1-3H3/b11-10+. The van der Waals surface area contributed by atoms with Crippen molar-refractivity contribution < 1.29 is 32.5 Å². The summed E-state index contributed by atoms with van der Waals surface area (Å²) in [5.41, 5.74) is 0.856. The SMILES string of the molecule is COC(=O)/C=C/c1cc(OC)c(OC)c(S(=O)(=O)N(CCCO)c2ccccc2)c1. The van der Waals surface area contributed by atoms with Crippen molar-refractivity contribution in [2.24, 2.45) is 0 Å². The number of carbonyl (C=O) groups is 1. The Kier molecular flexibility index (Phi) is 8.25. The summed E-state index contributed by atoms with van der Waals surface area (Å²) in [7, 11) is -0.115. The predicted octanol–water partition coefficient (Wildman–Crippen LogP) is 2.47. The average Bonchev–Trinajstić information content (AvgIpc) is 2.77. The lowest BCUT2D eigenvalue weighted by Crippen LogP contribution is -2.32. The van der Waals surface area contributed by atoms with Crippen LogP contribution in [0.5, 0.6) is 11.5 Å². The number of hydrogen-bond donors (Lipinski definition) is 1. The van der Waals surface area contributed by atoms with E-state index in [0.717, 1.165) is 0 Å². The fraction of sp³-hybridized carbons (Fsp3) is 0.286. The molecule has 0 aliphatic carbocycles. The molecule has 0 aromatic heterocycles. The molecule has 0 fully saturated rings. The third kappa shape index (κ3) is 5.31. The number of carbonyl (C=O) groups excluding carboxylic acids is 1. The van der Waals surface area contributed by atoms with Crippen LogP contribution in [0.4, 0.5) is 5.69 Å². The van der Waals surface area contributed by atoms with Gasteiger partial charge < -0.3 is 19.3 Å².